The van der Waals surface area contributed by atoms with E-state index in [1.165, 1.54) is 11.8 Å². The zero-order chi connectivity index (χ0) is 18.8. The molecule has 0 fully saturated rings. The molecule has 2 rings (SSSR count). The van der Waals surface area contributed by atoms with Crippen LogP contribution in [0.4, 0.5) is 4.79 Å². The van der Waals surface area contributed by atoms with Crippen LogP contribution in [-0.2, 0) is 16.8 Å². The second-order valence-corrected chi connectivity index (χ2v) is 7.51. The van der Waals surface area contributed by atoms with Gasteiger partial charge in [-0.2, -0.15) is 0 Å². The summed E-state index contributed by atoms with van der Waals surface area (Å²) in [5.74, 6) is 0.648. The fourth-order valence-corrected chi connectivity index (χ4v) is 3.43. The molecule has 0 bridgehead atoms. The van der Waals surface area contributed by atoms with Gasteiger partial charge in [0.15, 0.2) is 5.12 Å². The molecule has 26 heavy (non-hydrogen) atoms. The van der Waals surface area contributed by atoms with Gasteiger partial charge in [-0.3, -0.25) is 9.78 Å². The van der Waals surface area contributed by atoms with Crippen molar-refractivity contribution in [2.75, 3.05) is 12.3 Å². The average Bonchev–Trinajstić information content (AvgIpc) is 2.63. The summed E-state index contributed by atoms with van der Waals surface area (Å²) in [6.45, 7) is 4.06. The molecule has 1 atom stereocenters. The Bertz CT molecular complexity index is 710. The van der Waals surface area contributed by atoms with Crippen LogP contribution in [-0.4, -0.2) is 28.4 Å². The summed E-state index contributed by atoms with van der Waals surface area (Å²) >= 11 is 1.28. The molecule has 2 amide bonds. The standard InChI is InChI=1S/C20H25N3O2S/c1-16(24)26-15-12-20(2,17-8-4-3-5-9-17)23-19(25)22-14-11-18-10-6-7-13-21-18/h3-10,13H,11-12,14-15H2,1-2H3,(H2,22,23,25). The summed E-state index contributed by atoms with van der Waals surface area (Å²) in [4.78, 5) is 27.9. The number of aromatic nitrogens is 1. The van der Waals surface area contributed by atoms with Crippen molar-refractivity contribution < 1.29 is 9.59 Å². The SMILES string of the molecule is CC(=O)SCCC(C)(NC(=O)NCCc1ccccn1)c1ccccc1. The van der Waals surface area contributed by atoms with Gasteiger partial charge in [0, 0.05) is 37.5 Å². The Kier molecular flexibility index (Phi) is 7.66. The van der Waals surface area contributed by atoms with Gasteiger partial charge in [-0.1, -0.05) is 48.2 Å². The average molecular weight is 372 g/mol. The summed E-state index contributed by atoms with van der Waals surface area (Å²) in [5.41, 5.74) is 1.42. The van der Waals surface area contributed by atoms with E-state index in [9.17, 15) is 9.59 Å². The number of urea groups is 1. The minimum atomic E-state index is -0.543. The van der Waals surface area contributed by atoms with Crippen molar-refractivity contribution in [2.24, 2.45) is 0 Å². The number of nitrogens with one attached hydrogen (secondary N) is 2. The van der Waals surface area contributed by atoms with E-state index >= 15 is 0 Å². The number of nitrogens with zero attached hydrogens (tertiary/aromatic N) is 1. The molecule has 138 valence electrons. The fraction of sp³-hybridized carbons (Fsp3) is 0.350. The molecule has 0 saturated carbocycles. The smallest absolute Gasteiger partial charge is 0.315 e. The second-order valence-electron chi connectivity index (χ2n) is 6.24. The van der Waals surface area contributed by atoms with E-state index in [1.807, 2.05) is 55.5 Å². The molecule has 1 aromatic heterocycles. The van der Waals surface area contributed by atoms with Gasteiger partial charge in [0.2, 0.25) is 0 Å². The predicted octanol–water partition coefficient (Wildman–Crippen LogP) is 3.51. The largest absolute Gasteiger partial charge is 0.338 e. The molecule has 1 aromatic carbocycles. The van der Waals surface area contributed by atoms with Gasteiger partial charge in [0.05, 0.1) is 5.54 Å². The minimum absolute atomic E-state index is 0.0835. The van der Waals surface area contributed by atoms with Crippen molar-refractivity contribution >= 4 is 22.9 Å². The van der Waals surface area contributed by atoms with Crippen molar-refractivity contribution in [2.45, 2.75) is 32.2 Å². The molecule has 5 nitrogen and oxygen atoms in total. The number of thioether (sulfide) groups is 1. The summed E-state index contributed by atoms with van der Waals surface area (Å²) < 4.78 is 0. The van der Waals surface area contributed by atoms with Gasteiger partial charge < -0.3 is 10.6 Å². The first-order chi connectivity index (χ1) is 12.5. The lowest BCUT2D eigenvalue weighted by molar-refractivity contribution is -0.109. The molecule has 0 aliphatic rings. The molecule has 0 saturated heterocycles. The lowest BCUT2D eigenvalue weighted by atomic mass is 9.89. The molecule has 0 aliphatic heterocycles. The van der Waals surface area contributed by atoms with Crippen LogP contribution in [0.25, 0.3) is 0 Å². The van der Waals surface area contributed by atoms with Gasteiger partial charge in [0.25, 0.3) is 0 Å². The summed E-state index contributed by atoms with van der Waals surface area (Å²) in [6.07, 6.45) is 3.08. The van der Waals surface area contributed by atoms with Crippen LogP contribution in [0, 0.1) is 0 Å². The van der Waals surface area contributed by atoms with E-state index in [0.717, 1.165) is 11.3 Å². The number of carbonyl (C=O) groups is 2. The van der Waals surface area contributed by atoms with E-state index in [4.69, 9.17) is 0 Å². The predicted molar refractivity (Wildman–Crippen MR) is 106 cm³/mol. The van der Waals surface area contributed by atoms with Crippen molar-refractivity contribution in [3.05, 3.63) is 66.0 Å². The Morgan fingerprint density at radius 1 is 1.12 bits per heavy atom. The fourth-order valence-electron chi connectivity index (χ4n) is 2.63. The molecular weight excluding hydrogens is 346 g/mol. The van der Waals surface area contributed by atoms with Crippen molar-refractivity contribution in [1.82, 2.24) is 15.6 Å². The van der Waals surface area contributed by atoms with Crippen molar-refractivity contribution in [1.29, 1.82) is 0 Å². The summed E-state index contributed by atoms with van der Waals surface area (Å²) in [6, 6.07) is 15.3. The van der Waals surface area contributed by atoms with Gasteiger partial charge in [0.1, 0.15) is 0 Å². The van der Waals surface area contributed by atoms with Crippen molar-refractivity contribution in [3.63, 3.8) is 0 Å². The van der Waals surface area contributed by atoms with Crippen LogP contribution in [0.15, 0.2) is 54.7 Å². The number of benzene rings is 1. The summed E-state index contributed by atoms with van der Waals surface area (Å²) in [5, 5.41) is 6.05. The Labute approximate surface area is 159 Å². The van der Waals surface area contributed by atoms with Crippen LogP contribution >= 0.6 is 11.8 Å². The highest BCUT2D eigenvalue weighted by Crippen LogP contribution is 2.26. The van der Waals surface area contributed by atoms with Gasteiger partial charge >= 0.3 is 6.03 Å². The number of hydrogen-bond acceptors (Lipinski definition) is 4. The van der Waals surface area contributed by atoms with Crippen LogP contribution in [0.2, 0.25) is 0 Å². The first-order valence-electron chi connectivity index (χ1n) is 8.64. The van der Waals surface area contributed by atoms with E-state index in [-0.39, 0.29) is 11.1 Å². The van der Waals surface area contributed by atoms with E-state index in [0.29, 0.717) is 25.1 Å². The second kappa shape index (κ2) is 9.97. The third kappa shape index (κ3) is 6.52. The van der Waals surface area contributed by atoms with Crippen LogP contribution in [0.5, 0.6) is 0 Å². The molecule has 0 radical (unpaired) electrons. The number of carbonyl (C=O) groups excluding carboxylic acids is 2. The highest BCUT2D eigenvalue weighted by molar-refractivity contribution is 8.13. The first kappa shape index (κ1) is 20.0. The normalized spacial score (nSPS) is 12.8. The number of amides is 2. The van der Waals surface area contributed by atoms with Gasteiger partial charge in [-0.15, -0.1) is 0 Å². The molecule has 2 aromatic rings. The maximum absolute atomic E-state index is 12.4. The molecule has 0 aliphatic carbocycles. The van der Waals surface area contributed by atoms with Crippen LogP contribution in [0.3, 0.4) is 0 Å². The zero-order valence-corrected chi connectivity index (χ0v) is 16.0. The third-order valence-electron chi connectivity index (χ3n) is 4.10. The monoisotopic (exact) mass is 371 g/mol. The Hall–Kier alpha value is -2.34. The van der Waals surface area contributed by atoms with E-state index in [1.54, 1.807) is 13.1 Å². The molecule has 6 heteroatoms. The number of rotatable bonds is 8. The molecule has 0 spiro atoms. The highest BCUT2D eigenvalue weighted by atomic mass is 32.2. The maximum Gasteiger partial charge on any atom is 0.315 e. The summed E-state index contributed by atoms with van der Waals surface area (Å²) in [7, 11) is 0. The number of pyridine rings is 1. The topological polar surface area (TPSA) is 71.1 Å². The Morgan fingerprint density at radius 3 is 2.50 bits per heavy atom. The quantitative estimate of drug-likeness (QED) is 0.745. The third-order valence-corrected chi connectivity index (χ3v) is 4.92. The van der Waals surface area contributed by atoms with Crippen molar-refractivity contribution in [3.8, 4) is 0 Å². The molecular formula is C20H25N3O2S. The van der Waals surface area contributed by atoms with Crippen LogP contribution < -0.4 is 10.6 Å². The van der Waals surface area contributed by atoms with Gasteiger partial charge in [-0.25, -0.2) is 4.79 Å². The molecule has 1 heterocycles. The highest BCUT2D eigenvalue weighted by Gasteiger charge is 2.28. The molecule has 1 unspecified atom stereocenters. The Balaban J connectivity index is 1.94. The Morgan fingerprint density at radius 2 is 1.85 bits per heavy atom. The lowest BCUT2D eigenvalue weighted by Gasteiger charge is -2.31. The zero-order valence-electron chi connectivity index (χ0n) is 15.2. The lowest BCUT2D eigenvalue weighted by Crippen LogP contribution is -2.49. The van der Waals surface area contributed by atoms with E-state index < -0.39 is 5.54 Å². The minimum Gasteiger partial charge on any atom is -0.338 e. The molecule has 2 N–H and O–H groups in total. The van der Waals surface area contributed by atoms with Gasteiger partial charge in [-0.05, 0) is 31.0 Å². The number of hydrogen-bond donors (Lipinski definition) is 2. The van der Waals surface area contributed by atoms with Crippen LogP contribution in [0.1, 0.15) is 31.5 Å². The maximum atomic E-state index is 12.4. The van der Waals surface area contributed by atoms with E-state index in [2.05, 4.69) is 15.6 Å². The first-order valence-corrected chi connectivity index (χ1v) is 9.63.